The number of rotatable bonds is 4. The van der Waals surface area contributed by atoms with Crippen LogP contribution in [-0.4, -0.2) is 41.7 Å². The SMILES string of the molecule is Cc1cnc(C)c(-c2ccc3c(c2)CC(CNC(=O)C2CCOCC2)O3)n1. The second-order valence-corrected chi connectivity index (χ2v) is 7.34. The zero-order valence-corrected chi connectivity index (χ0v) is 15.8. The van der Waals surface area contributed by atoms with Crippen molar-refractivity contribution in [2.75, 3.05) is 19.8 Å². The highest BCUT2D eigenvalue weighted by molar-refractivity contribution is 5.78. The van der Waals surface area contributed by atoms with Crippen LogP contribution in [0.5, 0.6) is 5.75 Å². The van der Waals surface area contributed by atoms with E-state index in [1.165, 1.54) is 0 Å². The fourth-order valence-corrected chi connectivity index (χ4v) is 3.71. The van der Waals surface area contributed by atoms with E-state index in [2.05, 4.69) is 21.4 Å². The fraction of sp³-hybridized carbons (Fsp3) is 0.476. The molecule has 1 aromatic heterocycles. The van der Waals surface area contributed by atoms with Gasteiger partial charge >= 0.3 is 0 Å². The first kappa shape index (κ1) is 17.9. The lowest BCUT2D eigenvalue weighted by Crippen LogP contribution is -2.39. The van der Waals surface area contributed by atoms with E-state index in [0.717, 1.165) is 53.2 Å². The monoisotopic (exact) mass is 367 g/mol. The molecule has 1 aromatic carbocycles. The predicted molar refractivity (Wildman–Crippen MR) is 102 cm³/mol. The number of hydrogen-bond acceptors (Lipinski definition) is 5. The molecule has 1 amide bonds. The van der Waals surface area contributed by atoms with Gasteiger partial charge in [0.1, 0.15) is 11.9 Å². The molecule has 1 saturated heterocycles. The van der Waals surface area contributed by atoms with Gasteiger partial charge in [-0.15, -0.1) is 0 Å². The Morgan fingerprint density at radius 1 is 1.26 bits per heavy atom. The Balaban J connectivity index is 1.40. The van der Waals surface area contributed by atoms with Gasteiger partial charge in [-0.3, -0.25) is 9.78 Å². The molecule has 1 N–H and O–H groups in total. The molecule has 1 atom stereocenters. The van der Waals surface area contributed by atoms with Crippen molar-refractivity contribution in [2.45, 2.75) is 39.2 Å². The number of benzene rings is 1. The zero-order chi connectivity index (χ0) is 18.8. The average molecular weight is 367 g/mol. The van der Waals surface area contributed by atoms with Gasteiger partial charge in [0.05, 0.1) is 23.6 Å². The molecule has 142 valence electrons. The largest absolute Gasteiger partial charge is 0.488 e. The molecule has 6 heteroatoms. The molecular formula is C21H25N3O3. The first-order valence-electron chi connectivity index (χ1n) is 9.56. The van der Waals surface area contributed by atoms with Gasteiger partial charge in [-0.1, -0.05) is 0 Å². The first-order chi connectivity index (χ1) is 13.1. The van der Waals surface area contributed by atoms with Crippen molar-refractivity contribution in [3.63, 3.8) is 0 Å². The number of ether oxygens (including phenoxy) is 2. The summed E-state index contributed by atoms with van der Waals surface area (Å²) in [6, 6.07) is 6.15. The van der Waals surface area contributed by atoms with E-state index in [1.54, 1.807) is 6.20 Å². The summed E-state index contributed by atoms with van der Waals surface area (Å²) in [5.74, 6) is 1.07. The van der Waals surface area contributed by atoms with Crippen molar-refractivity contribution in [2.24, 2.45) is 5.92 Å². The number of aryl methyl sites for hydroxylation is 2. The summed E-state index contributed by atoms with van der Waals surface area (Å²) in [5, 5.41) is 3.05. The molecule has 6 nitrogen and oxygen atoms in total. The maximum Gasteiger partial charge on any atom is 0.223 e. The van der Waals surface area contributed by atoms with Crippen LogP contribution < -0.4 is 10.1 Å². The van der Waals surface area contributed by atoms with Gasteiger partial charge in [-0.2, -0.15) is 0 Å². The van der Waals surface area contributed by atoms with Crippen LogP contribution in [0, 0.1) is 19.8 Å². The minimum absolute atomic E-state index is 0.0243. The number of nitrogens with one attached hydrogen (secondary N) is 1. The van der Waals surface area contributed by atoms with Gasteiger partial charge in [0.15, 0.2) is 0 Å². The molecule has 0 bridgehead atoms. The summed E-state index contributed by atoms with van der Waals surface area (Å²) in [5.41, 5.74) is 4.94. The fourth-order valence-electron chi connectivity index (χ4n) is 3.71. The molecule has 2 aromatic rings. The molecule has 27 heavy (non-hydrogen) atoms. The van der Waals surface area contributed by atoms with Gasteiger partial charge in [0, 0.05) is 37.3 Å². The van der Waals surface area contributed by atoms with Gasteiger partial charge in [-0.25, -0.2) is 4.98 Å². The minimum Gasteiger partial charge on any atom is -0.488 e. The molecule has 3 heterocycles. The number of carbonyl (C=O) groups excluding carboxylic acids is 1. The molecule has 0 saturated carbocycles. The summed E-state index contributed by atoms with van der Waals surface area (Å²) >= 11 is 0. The van der Waals surface area contributed by atoms with Gasteiger partial charge in [0.2, 0.25) is 5.91 Å². The van der Waals surface area contributed by atoms with Crippen LogP contribution in [0.4, 0.5) is 0 Å². The quantitative estimate of drug-likeness (QED) is 0.899. The third-order valence-corrected chi connectivity index (χ3v) is 5.25. The molecular weight excluding hydrogens is 342 g/mol. The van der Waals surface area contributed by atoms with E-state index >= 15 is 0 Å². The minimum atomic E-state index is -0.0243. The van der Waals surface area contributed by atoms with Gasteiger partial charge < -0.3 is 14.8 Å². The summed E-state index contributed by atoms with van der Waals surface area (Å²) < 4.78 is 11.3. The van der Waals surface area contributed by atoms with Crippen molar-refractivity contribution >= 4 is 5.91 Å². The Kier molecular flexibility index (Phi) is 5.07. The van der Waals surface area contributed by atoms with E-state index in [9.17, 15) is 4.79 Å². The topological polar surface area (TPSA) is 73.3 Å². The maximum absolute atomic E-state index is 12.3. The molecule has 2 aliphatic heterocycles. The third-order valence-electron chi connectivity index (χ3n) is 5.25. The van der Waals surface area contributed by atoms with Crippen LogP contribution in [0.15, 0.2) is 24.4 Å². The van der Waals surface area contributed by atoms with Crippen LogP contribution in [0.2, 0.25) is 0 Å². The van der Waals surface area contributed by atoms with E-state index in [-0.39, 0.29) is 17.9 Å². The molecule has 1 unspecified atom stereocenters. The number of carbonyl (C=O) groups is 1. The summed E-state index contributed by atoms with van der Waals surface area (Å²) in [6.07, 6.45) is 4.15. The van der Waals surface area contributed by atoms with E-state index < -0.39 is 0 Å². The molecule has 0 aliphatic carbocycles. The summed E-state index contributed by atoms with van der Waals surface area (Å²) in [6.45, 7) is 5.80. The van der Waals surface area contributed by atoms with Crippen molar-refractivity contribution in [1.82, 2.24) is 15.3 Å². The maximum atomic E-state index is 12.3. The van der Waals surface area contributed by atoms with Crippen molar-refractivity contribution < 1.29 is 14.3 Å². The Morgan fingerprint density at radius 3 is 2.89 bits per heavy atom. The smallest absolute Gasteiger partial charge is 0.223 e. The van der Waals surface area contributed by atoms with Crippen molar-refractivity contribution in [3.8, 4) is 17.0 Å². The standard InChI is InChI=1S/C21H25N3O3/c1-13-11-22-14(2)20(24-13)16-3-4-19-17(9-16)10-18(27-19)12-23-21(25)15-5-7-26-8-6-15/h3-4,9,11,15,18H,5-8,10,12H2,1-2H3,(H,23,25). The third kappa shape index (κ3) is 3.95. The molecule has 4 rings (SSSR count). The highest BCUT2D eigenvalue weighted by Gasteiger charge is 2.26. The lowest BCUT2D eigenvalue weighted by molar-refractivity contribution is -0.128. The van der Waals surface area contributed by atoms with Crippen molar-refractivity contribution in [3.05, 3.63) is 41.3 Å². The lowest BCUT2D eigenvalue weighted by Gasteiger charge is -2.22. The highest BCUT2D eigenvalue weighted by atomic mass is 16.5. The highest BCUT2D eigenvalue weighted by Crippen LogP contribution is 2.33. The van der Waals surface area contributed by atoms with Gasteiger partial charge in [-0.05, 0) is 50.5 Å². The second-order valence-electron chi connectivity index (χ2n) is 7.34. The Morgan fingerprint density at radius 2 is 2.07 bits per heavy atom. The van der Waals surface area contributed by atoms with Crippen molar-refractivity contribution in [1.29, 1.82) is 0 Å². The molecule has 1 fully saturated rings. The second kappa shape index (κ2) is 7.64. The van der Waals surface area contributed by atoms with Crippen LogP contribution in [0.25, 0.3) is 11.3 Å². The number of hydrogen-bond donors (Lipinski definition) is 1. The molecule has 0 spiro atoms. The van der Waals surface area contributed by atoms with E-state index in [0.29, 0.717) is 19.8 Å². The van der Waals surface area contributed by atoms with Crippen LogP contribution in [0.1, 0.15) is 29.8 Å². The lowest BCUT2D eigenvalue weighted by atomic mass is 9.99. The Bertz CT molecular complexity index is 847. The number of amides is 1. The van der Waals surface area contributed by atoms with Crippen LogP contribution >= 0.6 is 0 Å². The first-order valence-corrected chi connectivity index (χ1v) is 9.56. The average Bonchev–Trinajstić information content (AvgIpc) is 3.10. The number of fused-ring (bicyclic) bond motifs is 1. The predicted octanol–water partition coefficient (Wildman–Crippen LogP) is 2.61. The Labute approximate surface area is 159 Å². The van der Waals surface area contributed by atoms with E-state index in [4.69, 9.17) is 9.47 Å². The summed E-state index contributed by atoms with van der Waals surface area (Å²) in [7, 11) is 0. The molecule has 0 radical (unpaired) electrons. The zero-order valence-electron chi connectivity index (χ0n) is 15.8. The number of nitrogens with zero attached hydrogens (tertiary/aromatic N) is 2. The Hall–Kier alpha value is -2.47. The number of aromatic nitrogens is 2. The van der Waals surface area contributed by atoms with Gasteiger partial charge in [0.25, 0.3) is 0 Å². The summed E-state index contributed by atoms with van der Waals surface area (Å²) in [4.78, 5) is 21.3. The van der Waals surface area contributed by atoms with Crippen LogP contribution in [-0.2, 0) is 16.0 Å². The molecule has 2 aliphatic rings. The normalized spacial score (nSPS) is 19.4. The van der Waals surface area contributed by atoms with E-state index in [1.807, 2.05) is 26.0 Å². The van der Waals surface area contributed by atoms with Crippen LogP contribution in [0.3, 0.4) is 0 Å².